The monoisotopic (exact) mass is 340 g/mol. The molecule has 1 aliphatic heterocycles. The van der Waals surface area contributed by atoms with E-state index in [4.69, 9.17) is 4.74 Å². The molecule has 25 heavy (non-hydrogen) atoms. The molecule has 6 nitrogen and oxygen atoms in total. The second kappa shape index (κ2) is 7.51. The van der Waals surface area contributed by atoms with Crippen molar-refractivity contribution in [3.8, 4) is 11.6 Å². The SMILES string of the molecule is Cc1ccc(Oc2ccc(N[C@@H]3CCCN(C(C)C)C3=O)cc2)nn1. The van der Waals surface area contributed by atoms with Crippen LogP contribution < -0.4 is 10.1 Å². The maximum Gasteiger partial charge on any atom is 0.245 e. The van der Waals surface area contributed by atoms with E-state index in [0.717, 1.165) is 30.8 Å². The van der Waals surface area contributed by atoms with Crippen molar-refractivity contribution < 1.29 is 9.53 Å². The number of rotatable bonds is 5. The third-order valence-corrected chi connectivity index (χ3v) is 4.29. The quantitative estimate of drug-likeness (QED) is 0.904. The highest BCUT2D eigenvalue weighted by molar-refractivity contribution is 5.85. The van der Waals surface area contributed by atoms with Crippen molar-refractivity contribution in [2.75, 3.05) is 11.9 Å². The Morgan fingerprint density at radius 1 is 1.16 bits per heavy atom. The molecule has 0 saturated carbocycles. The van der Waals surface area contributed by atoms with Gasteiger partial charge in [0.2, 0.25) is 11.8 Å². The van der Waals surface area contributed by atoms with Crippen molar-refractivity contribution in [1.29, 1.82) is 0 Å². The summed E-state index contributed by atoms with van der Waals surface area (Å²) in [5.41, 5.74) is 1.76. The van der Waals surface area contributed by atoms with E-state index < -0.39 is 0 Å². The molecule has 2 aromatic rings. The minimum Gasteiger partial charge on any atom is -0.438 e. The number of nitrogens with zero attached hydrogens (tertiary/aromatic N) is 3. The van der Waals surface area contributed by atoms with E-state index in [9.17, 15) is 4.79 Å². The Hall–Kier alpha value is -2.63. The van der Waals surface area contributed by atoms with E-state index in [1.807, 2.05) is 42.2 Å². The Balaban J connectivity index is 1.62. The van der Waals surface area contributed by atoms with Crippen molar-refractivity contribution in [2.45, 2.75) is 45.7 Å². The third kappa shape index (κ3) is 4.26. The highest BCUT2D eigenvalue weighted by Gasteiger charge is 2.29. The summed E-state index contributed by atoms with van der Waals surface area (Å²) in [6.07, 6.45) is 1.88. The number of carbonyl (C=O) groups is 1. The topological polar surface area (TPSA) is 67.3 Å². The van der Waals surface area contributed by atoms with Crippen LogP contribution in [0.25, 0.3) is 0 Å². The van der Waals surface area contributed by atoms with Crippen molar-refractivity contribution >= 4 is 11.6 Å². The fourth-order valence-electron chi connectivity index (χ4n) is 2.93. The van der Waals surface area contributed by atoms with Crippen molar-refractivity contribution in [3.05, 3.63) is 42.1 Å². The molecule has 132 valence electrons. The Labute approximate surface area is 148 Å². The zero-order valence-electron chi connectivity index (χ0n) is 14.9. The summed E-state index contributed by atoms with van der Waals surface area (Å²) in [5, 5.41) is 11.3. The summed E-state index contributed by atoms with van der Waals surface area (Å²) in [6, 6.07) is 11.3. The molecule has 0 spiro atoms. The lowest BCUT2D eigenvalue weighted by Gasteiger charge is -2.35. The minimum absolute atomic E-state index is 0.161. The maximum absolute atomic E-state index is 12.5. The largest absolute Gasteiger partial charge is 0.438 e. The minimum atomic E-state index is -0.161. The molecule has 0 bridgehead atoms. The van der Waals surface area contributed by atoms with Gasteiger partial charge < -0.3 is 15.0 Å². The van der Waals surface area contributed by atoms with Crippen LogP contribution in [0.2, 0.25) is 0 Å². The van der Waals surface area contributed by atoms with E-state index in [1.165, 1.54) is 0 Å². The van der Waals surface area contributed by atoms with E-state index >= 15 is 0 Å². The number of aromatic nitrogens is 2. The molecule has 0 unspecified atom stereocenters. The van der Waals surface area contributed by atoms with Crippen LogP contribution in [-0.2, 0) is 4.79 Å². The molecule has 6 heteroatoms. The number of hydrogen-bond donors (Lipinski definition) is 1. The molecule has 1 fully saturated rings. The maximum atomic E-state index is 12.5. The van der Waals surface area contributed by atoms with Gasteiger partial charge in [-0.1, -0.05) is 0 Å². The molecule has 3 rings (SSSR count). The van der Waals surface area contributed by atoms with Gasteiger partial charge in [0.1, 0.15) is 11.8 Å². The number of amides is 1. The molecular weight excluding hydrogens is 316 g/mol. The summed E-state index contributed by atoms with van der Waals surface area (Å²) in [5.74, 6) is 1.32. The average Bonchev–Trinajstić information content (AvgIpc) is 2.60. The molecule has 1 saturated heterocycles. The van der Waals surface area contributed by atoms with Crippen LogP contribution in [0.15, 0.2) is 36.4 Å². The van der Waals surface area contributed by atoms with Gasteiger partial charge in [-0.25, -0.2) is 0 Å². The summed E-state index contributed by atoms with van der Waals surface area (Å²) in [6.45, 7) is 6.84. The molecule has 1 N–H and O–H groups in total. The first-order valence-corrected chi connectivity index (χ1v) is 8.68. The lowest BCUT2D eigenvalue weighted by molar-refractivity contribution is -0.136. The van der Waals surface area contributed by atoms with E-state index in [0.29, 0.717) is 11.6 Å². The van der Waals surface area contributed by atoms with Crippen molar-refractivity contribution in [1.82, 2.24) is 15.1 Å². The van der Waals surface area contributed by atoms with Gasteiger partial charge in [-0.3, -0.25) is 4.79 Å². The first-order valence-electron chi connectivity index (χ1n) is 8.68. The Kier molecular flexibility index (Phi) is 5.16. The molecule has 1 aromatic carbocycles. The highest BCUT2D eigenvalue weighted by Crippen LogP contribution is 2.23. The number of hydrogen-bond acceptors (Lipinski definition) is 5. The predicted molar refractivity (Wildman–Crippen MR) is 96.8 cm³/mol. The first-order chi connectivity index (χ1) is 12.0. The normalized spacial score (nSPS) is 17.7. The van der Waals surface area contributed by atoms with Crippen LogP contribution in [0.3, 0.4) is 0 Å². The van der Waals surface area contributed by atoms with Gasteiger partial charge in [-0.2, -0.15) is 5.10 Å². The molecule has 1 atom stereocenters. The average molecular weight is 340 g/mol. The number of aryl methyl sites for hydroxylation is 1. The summed E-state index contributed by atoms with van der Waals surface area (Å²) < 4.78 is 5.67. The standard InChI is InChI=1S/C19H24N4O2/c1-13(2)23-12-4-5-17(19(23)24)20-15-7-9-16(10-8-15)25-18-11-6-14(3)21-22-18/h6-11,13,17,20H,4-5,12H2,1-3H3/t17-/m1/s1. The number of carbonyl (C=O) groups excluding carboxylic acids is 1. The lowest BCUT2D eigenvalue weighted by atomic mass is 10.0. The molecular formula is C19H24N4O2. The van der Waals surface area contributed by atoms with Crippen molar-refractivity contribution in [2.24, 2.45) is 0 Å². The number of piperidine rings is 1. The molecule has 0 aliphatic carbocycles. The second-order valence-electron chi connectivity index (χ2n) is 6.60. The Bertz CT molecular complexity index is 713. The molecule has 1 aliphatic rings. The molecule has 1 aromatic heterocycles. The number of ether oxygens (including phenoxy) is 1. The van der Waals surface area contributed by atoms with Gasteiger partial charge in [0, 0.05) is 24.3 Å². The van der Waals surface area contributed by atoms with Crippen LogP contribution in [0.1, 0.15) is 32.4 Å². The summed E-state index contributed by atoms with van der Waals surface area (Å²) >= 11 is 0. The fraction of sp³-hybridized carbons (Fsp3) is 0.421. The van der Waals surface area contributed by atoms with Gasteiger partial charge in [0.05, 0.1) is 5.69 Å². The third-order valence-electron chi connectivity index (χ3n) is 4.29. The Morgan fingerprint density at radius 2 is 1.92 bits per heavy atom. The van der Waals surface area contributed by atoms with E-state index in [1.54, 1.807) is 6.07 Å². The Morgan fingerprint density at radius 3 is 2.56 bits per heavy atom. The van der Waals surface area contributed by atoms with Crippen LogP contribution >= 0.6 is 0 Å². The van der Waals surface area contributed by atoms with Gasteiger partial charge >= 0.3 is 0 Å². The molecule has 0 radical (unpaired) electrons. The van der Waals surface area contributed by atoms with Gasteiger partial charge in [0.15, 0.2) is 0 Å². The van der Waals surface area contributed by atoms with Crippen LogP contribution in [0, 0.1) is 6.92 Å². The predicted octanol–water partition coefficient (Wildman–Crippen LogP) is 3.39. The molecule has 2 heterocycles. The van der Waals surface area contributed by atoms with Gasteiger partial charge in [-0.05, 0) is 63.9 Å². The number of likely N-dealkylation sites (tertiary alicyclic amines) is 1. The van der Waals surface area contributed by atoms with E-state index in [-0.39, 0.29) is 18.0 Å². The zero-order chi connectivity index (χ0) is 17.8. The molecule has 1 amide bonds. The smallest absolute Gasteiger partial charge is 0.245 e. The van der Waals surface area contributed by atoms with Crippen LogP contribution in [-0.4, -0.2) is 39.6 Å². The summed E-state index contributed by atoms with van der Waals surface area (Å²) in [7, 11) is 0. The van der Waals surface area contributed by atoms with Gasteiger partial charge in [-0.15, -0.1) is 5.10 Å². The van der Waals surface area contributed by atoms with E-state index in [2.05, 4.69) is 29.4 Å². The van der Waals surface area contributed by atoms with Gasteiger partial charge in [0.25, 0.3) is 0 Å². The highest BCUT2D eigenvalue weighted by atomic mass is 16.5. The lowest BCUT2D eigenvalue weighted by Crippen LogP contribution is -2.50. The zero-order valence-corrected chi connectivity index (χ0v) is 14.9. The second-order valence-corrected chi connectivity index (χ2v) is 6.60. The fourth-order valence-corrected chi connectivity index (χ4v) is 2.93. The number of anilines is 1. The summed E-state index contributed by atoms with van der Waals surface area (Å²) in [4.78, 5) is 14.5. The first kappa shape index (κ1) is 17.2. The number of benzene rings is 1. The van der Waals surface area contributed by atoms with Crippen LogP contribution in [0.5, 0.6) is 11.6 Å². The van der Waals surface area contributed by atoms with Crippen molar-refractivity contribution in [3.63, 3.8) is 0 Å². The number of nitrogens with one attached hydrogen (secondary N) is 1. The van der Waals surface area contributed by atoms with Crippen LogP contribution in [0.4, 0.5) is 5.69 Å².